The van der Waals surface area contributed by atoms with Gasteiger partial charge in [-0.2, -0.15) is 31.6 Å². The van der Waals surface area contributed by atoms with Crippen molar-refractivity contribution < 1.29 is 26.3 Å². The summed E-state index contributed by atoms with van der Waals surface area (Å²) in [6.07, 6.45) is -9.95. The van der Waals surface area contributed by atoms with Crippen molar-refractivity contribution >= 4 is 0 Å². The highest BCUT2D eigenvalue weighted by atomic mass is 19.4. The summed E-state index contributed by atoms with van der Waals surface area (Å²) in [7, 11) is 0. The van der Waals surface area contributed by atoms with Crippen LogP contribution in [0.15, 0.2) is 36.4 Å². The Morgan fingerprint density at radius 3 is 2.34 bits per heavy atom. The summed E-state index contributed by atoms with van der Waals surface area (Å²) in [6, 6.07) is 7.94. The number of hydrogen-bond acceptors (Lipinski definition) is 3. The van der Waals surface area contributed by atoms with Crippen molar-refractivity contribution in [3.8, 4) is 17.3 Å². The molecule has 1 N–H and O–H groups in total. The van der Waals surface area contributed by atoms with Gasteiger partial charge >= 0.3 is 12.4 Å². The first-order valence-corrected chi connectivity index (χ1v) is 8.18. The third-order valence-electron chi connectivity index (χ3n) is 4.20. The Hall–Kier alpha value is -3.35. The molecule has 29 heavy (non-hydrogen) atoms. The second kappa shape index (κ2) is 7.24. The second-order valence-electron chi connectivity index (χ2n) is 6.40. The molecule has 1 aromatic heterocycles. The second-order valence-corrected chi connectivity index (χ2v) is 6.40. The van der Waals surface area contributed by atoms with E-state index in [2.05, 4.69) is 15.4 Å². The maximum absolute atomic E-state index is 13.3. The fraction of sp³-hybridized carbons (Fsp3) is 0.211. The van der Waals surface area contributed by atoms with E-state index in [1.165, 1.54) is 6.07 Å². The van der Waals surface area contributed by atoms with Crippen molar-refractivity contribution in [3.05, 3.63) is 69.9 Å². The number of rotatable bonds is 3. The molecule has 0 amide bonds. The van der Waals surface area contributed by atoms with E-state index in [1.54, 1.807) is 19.1 Å². The summed E-state index contributed by atoms with van der Waals surface area (Å²) in [4.78, 5) is 0. The Morgan fingerprint density at radius 1 is 1.00 bits per heavy atom. The number of benzene rings is 2. The van der Waals surface area contributed by atoms with E-state index in [0.29, 0.717) is 34.9 Å². The highest BCUT2D eigenvalue weighted by Crippen LogP contribution is 2.37. The quantitative estimate of drug-likeness (QED) is 0.598. The summed E-state index contributed by atoms with van der Waals surface area (Å²) >= 11 is 0. The number of nitrogens with zero attached hydrogens (tertiary/aromatic N) is 3. The van der Waals surface area contributed by atoms with Crippen LogP contribution in [-0.2, 0) is 18.8 Å². The first-order valence-electron chi connectivity index (χ1n) is 8.18. The van der Waals surface area contributed by atoms with Gasteiger partial charge in [0, 0.05) is 5.56 Å². The first kappa shape index (κ1) is 20.4. The van der Waals surface area contributed by atoms with Crippen LogP contribution in [0, 0.1) is 18.3 Å². The van der Waals surface area contributed by atoms with Crippen molar-refractivity contribution in [2.24, 2.45) is 0 Å². The maximum Gasteiger partial charge on any atom is 0.416 e. The lowest BCUT2D eigenvalue weighted by Crippen LogP contribution is -2.13. The molecule has 4 nitrogen and oxygen atoms in total. The van der Waals surface area contributed by atoms with Crippen molar-refractivity contribution in [1.82, 2.24) is 15.4 Å². The van der Waals surface area contributed by atoms with Gasteiger partial charge in [-0.25, -0.2) is 5.10 Å². The summed E-state index contributed by atoms with van der Waals surface area (Å²) in [5.41, 5.74) is -1.10. The Kier molecular flexibility index (Phi) is 5.09. The number of H-pyrrole nitrogens is 1. The van der Waals surface area contributed by atoms with Gasteiger partial charge in [-0.3, -0.25) is 0 Å². The molecule has 0 aliphatic heterocycles. The van der Waals surface area contributed by atoms with Gasteiger partial charge < -0.3 is 0 Å². The molecular weight excluding hydrogens is 398 g/mol. The summed E-state index contributed by atoms with van der Waals surface area (Å²) in [5, 5.41) is 18.8. The highest BCUT2D eigenvalue weighted by Gasteiger charge is 2.36. The van der Waals surface area contributed by atoms with Crippen LogP contribution >= 0.6 is 0 Å². The number of aryl methyl sites for hydroxylation is 1. The molecule has 0 aliphatic rings. The molecule has 0 saturated heterocycles. The lowest BCUT2D eigenvalue weighted by atomic mass is 9.94. The number of halogens is 6. The van der Waals surface area contributed by atoms with E-state index >= 15 is 0 Å². The molecule has 0 spiro atoms. The van der Waals surface area contributed by atoms with Gasteiger partial charge in [-0.1, -0.05) is 16.8 Å². The van der Waals surface area contributed by atoms with E-state index in [4.69, 9.17) is 5.26 Å². The van der Waals surface area contributed by atoms with E-state index in [9.17, 15) is 26.3 Å². The van der Waals surface area contributed by atoms with Crippen LogP contribution in [-0.4, -0.2) is 15.4 Å². The van der Waals surface area contributed by atoms with Crippen LogP contribution in [0.2, 0.25) is 0 Å². The van der Waals surface area contributed by atoms with Crippen LogP contribution in [0.25, 0.3) is 11.3 Å². The van der Waals surface area contributed by atoms with Crippen molar-refractivity contribution in [3.63, 3.8) is 0 Å². The zero-order chi connectivity index (χ0) is 21.4. The molecule has 0 aliphatic carbocycles. The van der Waals surface area contributed by atoms with Crippen LogP contribution in [0.3, 0.4) is 0 Å². The molecule has 150 valence electrons. The SMILES string of the molecule is Cc1cc(Cc2cc(C(F)(F)F)ccc2C(F)(F)F)cc(-c2nn[nH]c2C#N)c1. The minimum atomic E-state index is -4.80. The largest absolute Gasteiger partial charge is 0.416 e. The van der Waals surface area contributed by atoms with Crippen molar-refractivity contribution in [2.75, 3.05) is 0 Å². The average Bonchev–Trinajstić information content (AvgIpc) is 3.08. The molecule has 0 unspecified atom stereocenters. The molecule has 0 saturated carbocycles. The van der Waals surface area contributed by atoms with E-state index in [1.807, 2.05) is 6.07 Å². The number of hydrogen-bond donors (Lipinski definition) is 1. The van der Waals surface area contributed by atoms with Crippen LogP contribution in [0.5, 0.6) is 0 Å². The number of aromatic nitrogens is 3. The summed E-state index contributed by atoms with van der Waals surface area (Å²) < 4.78 is 79.0. The maximum atomic E-state index is 13.3. The smallest absolute Gasteiger partial charge is 0.247 e. The molecule has 0 atom stereocenters. The van der Waals surface area contributed by atoms with Gasteiger partial charge in [0.15, 0.2) is 5.69 Å². The lowest BCUT2D eigenvalue weighted by molar-refractivity contribution is -0.141. The predicted molar refractivity (Wildman–Crippen MR) is 90.5 cm³/mol. The fourth-order valence-electron chi connectivity index (χ4n) is 3.02. The molecule has 3 rings (SSSR count). The Balaban J connectivity index is 2.09. The van der Waals surface area contributed by atoms with Crippen LogP contribution < -0.4 is 0 Å². The molecule has 0 radical (unpaired) electrons. The molecule has 0 fully saturated rings. The van der Waals surface area contributed by atoms with Gasteiger partial charge in [-0.15, -0.1) is 5.10 Å². The zero-order valence-corrected chi connectivity index (χ0v) is 14.8. The molecular formula is C19H12F6N4. The average molecular weight is 410 g/mol. The molecule has 2 aromatic carbocycles. The third kappa shape index (κ3) is 4.39. The summed E-state index contributed by atoms with van der Waals surface area (Å²) in [6.45, 7) is 1.68. The Labute approximate surface area is 160 Å². The first-order chi connectivity index (χ1) is 13.5. The summed E-state index contributed by atoms with van der Waals surface area (Å²) in [5.74, 6) is 0. The fourth-order valence-corrected chi connectivity index (χ4v) is 3.02. The molecule has 1 heterocycles. The Bertz CT molecular complexity index is 1090. The van der Waals surface area contributed by atoms with E-state index < -0.39 is 29.0 Å². The zero-order valence-electron chi connectivity index (χ0n) is 14.8. The standard InChI is InChI=1S/C19H12F6N4/c1-10-4-11(7-13(5-10)17-16(9-26)27-29-28-17)6-12-8-14(18(20,21)22)2-3-15(12)19(23,24)25/h2-5,7-8H,6H2,1H3,(H,27,28,29). The minimum Gasteiger partial charge on any atom is -0.247 e. The molecule has 0 bridgehead atoms. The number of nitriles is 1. The van der Waals surface area contributed by atoms with Gasteiger partial charge in [0.25, 0.3) is 0 Å². The highest BCUT2D eigenvalue weighted by molar-refractivity contribution is 5.66. The molecule has 3 aromatic rings. The topological polar surface area (TPSA) is 65.4 Å². The molecule has 10 heteroatoms. The predicted octanol–water partition coefficient (Wildman–Crippen LogP) is 5.28. The van der Waals surface area contributed by atoms with Crippen molar-refractivity contribution in [1.29, 1.82) is 5.26 Å². The number of nitrogens with one attached hydrogen (secondary N) is 1. The lowest BCUT2D eigenvalue weighted by Gasteiger charge is -2.16. The Morgan fingerprint density at radius 2 is 1.72 bits per heavy atom. The van der Waals surface area contributed by atoms with Gasteiger partial charge in [0.05, 0.1) is 11.1 Å². The van der Waals surface area contributed by atoms with E-state index in [-0.39, 0.29) is 17.8 Å². The monoisotopic (exact) mass is 410 g/mol. The number of alkyl halides is 6. The van der Waals surface area contributed by atoms with Gasteiger partial charge in [-0.05, 0) is 54.8 Å². The normalized spacial score (nSPS) is 12.1. The number of aromatic amines is 1. The van der Waals surface area contributed by atoms with Crippen LogP contribution in [0.4, 0.5) is 26.3 Å². The van der Waals surface area contributed by atoms with Gasteiger partial charge in [0.2, 0.25) is 0 Å². The third-order valence-corrected chi connectivity index (χ3v) is 4.20. The minimum absolute atomic E-state index is 0.0663. The van der Waals surface area contributed by atoms with E-state index in [0.717, 1.165) is 0 Å². The van der Waals surface area contributed by atoms with Gasteiger partial charge in [0.1, 0.15) is 11.8 Å². The van der Waals surface area contributed by atoms with Crippen molar-refractivity contribution in [2.45, 2.75) is 25.7 Å². The van der Waals surface area contributed by atoms with Crippen LogP contribution in [0.1, 0.15) is 33.5 Å².